The van der Waals surface area contributed by atoms with Crippen LogP contribution in [0.2, 0.25) is 0 Å². The molecule has 1 unspecified atom stereocenters. The van der Waals surface area contributed by atoms with Gasteiger partial charge in [-0.1, -0.05) is 12.1 Å². The third-order valence-corrected chi connectivity index (χ3v) is 3.88. The van der Waals surface area contributed by atoms with Gasteiger partial charge in [-0.3, -0.25) is 4.79 Å². The van der Waals surface area contributed by atoms with Crippen molar-refractivity contribution in [2.75, 3.05) is 13.6 Å². The molecule has 1 amide bonds. The molecule has 0 aliphatic carbocycles. The highest BCUT2D eigenvalue weighted by Crippen LogP contribution is 2.20. The lowest BCUT2D eigenvalue weighted by atomic mass is 10.1. The number of carbonyl (C=O) groups is 1. The molecule has 0 bridgehead atoms. The zero-order valence-corrected chi connectivity index (χ0v) is 11.8. The molecule has 5 heteroatoms. The third-order valence-electron chi connectivity index (χ3n) is 2.90. The topological polar surface area (TPSA) is 64.3 Å². The smallest absolute Gasteiger partial charge is 0.253 e. The largest absolute Gasteiger partial charge is 0.386 e. The zero-order valence-electron chi connectivity index (χ0n) is 11.0. The highest BCUT2D eigenvalue weighted by Gasteiger charge is 2.17. The first-order valence-electron chi connectivity index (χ1n) is 6.09. The van der Waals surface area contributed by atoms with Crippen molar-refractivity contribution in [3.05, 3.63) is 57.8 Å². The molecule has 0 spiro atoms. The summed E-state index contributed by atoms with van der Waals surface area (Å²) >= 11 is 1.46. The maximum atomic E-state index is 12.2. The summed E-state index contributed by atoms with van der Waals surface area (Å²) in [6.45, 7) is 0.218. The molecule has 1 aromatic heterocycles. The average molecular weight is 286 g/mol. The van der Waals surface area contributed by atoms with E-state index in [4.69, 9.17) is 5.26 Å². The van der Waals surface area contributed by atoms with Gasteiger partial charge in [0.25, 0.3) is 5.91 Å². The molecule has 20 heavy (non-hydrogen) atoms. The van der Waals surface area contributed by atoms with E-state index in [0.29, 0.717) is 11.1 Å². The van der Waals surface area contributed by atoms with Gasteiger partial charge in [0, 0.05) is 17.5 Å². The van der Waals surface area contributed by atoms with E-state index in [1.54, 1.807) is 31.3 Å². The molecule has 2 aromatic rings. The van der Waals surface area contributed by atoms with Gasteiger partial charge >= 0.3 is 0 Å². The standard InChI is InChI=1S/C15H14N2O2S/c1-17(10-13(18)14-6-3-7-20-14)15(19)12-5-2-4-11(8-12)9-16/h2-8,13,18H,10H2,1H3. The van der Waals surface area contributed by atoms with Gasteiger partial charge in [0.15, 0.2) is 0 Å². The Morgan fingerprint density at radius 1 is 1.45 bits per heavy atom. The minimum Gasteiger partial charge on any atom is -0.386 e. The van der Waals surface area contributed by atoms with Crippen molar-refractivity contribution in [1.29, 1.82) is 5.26 Å². The average Bonchev–Trinajstić information content (AvgIpc) is 3.00. The van der Waals surface area contributed by atoms with E-state index in [9.17, 15) is 9.90 Å². The SMILES string of the molecule is CN(CC(O)c1cccs1)C(=O)c1cccc(C#N)c1. The predicted molar refractivity (Wildman–Crippen MR) is 77.4 cm³/mol. The van der Waals surface area contributed by atoms with Gasteiger partial charge in [0.1, 0.15) is 6.10 Å². The van der Waals surface area contributed by atoms with Gasteiger partial charge in [-0.25, -0.2) is 0 Å². The van der Waals surface area contributed by atoms with Crippen LogP contribution in [0.3, 0.4) is 0 Å². The second-order valence-electron chi connectivity index (χ2n) is 4.41. The van der Waals surface area contributed by atoms with E-state index in [2.05, 4.69) is 0 Å². The Bertz CT molecular complexity index is 632. The normalized spacial score (nSPS) is 11.7. The van der Waals surface area contributed by atoms with E-state index < -0.39 is 6.10 Å². The number of thiophene rings is 1. The maximum absolute atomic E-state index is 12.2. The van der Waals surface area contributed by atoms with Gasteiger partial charge in [0.2, 0.25) is 0 Å². The van der Waals surface area contributed by atoms with Crippen LogP contribution in [0.25, 0.3) is 0 Å². The first-order chi connectivity index (χ1) is 9.61. The summed E-state index contributed by atoms with van der Waals surface area (Å²) in [5.41, 5.74) is 0.896. The molecule has 0 saturated heterocycles. The van der Waals surface area contributed by atoms with Gasteiger partial charge in [-0.05, 0) is 29.6 Å². The number of amides is 1. The summed E-state index contributed by atoms with van der Waals surface area (Å²) in [6.07, 6.45) is -0.692. The predicted octanol–water partition coefficient (Wildman–Crippen LogP) is 2.43. The second kappa shape index (κ2) is 6.33. The molecule has 1 atom stereocenters. The first-order valence-corrected chi connectivity index (χ1v) is 6.97. The lowest BCUT2D eigenvalue weighted by Crippen LogP contribution is -2.30. The van der Waals surface area contributed by atoms with Crippen LogP contribution < -0.4 is 0 Å². The summed E-state index contributed by atoms with van der Waals surface area (Å²) in [7, 11) is 1.64. The van der Waals surface area contributed by atoms with Gasteiger partial charge in [-0.2, -0.15) is 5.26 Å². The fourth-order valence-electron chi connectivity index (χ4n) is 1.86. The number of aliphatic hydroxyl groups is 1. The Labute approximate surface area is 121 Å². The molecule has 1 heterocycles. The van der Waals surface area contributed by atoms with Crippen molar-refractivity contribution in [2.45, 2.75) is 6.10 Å². The molecule has 0 radical (unpaired) electrons. The van der Waals surface area contributed by atoms with Crippen LogP contribution in [0.15, 0.2) is 41.8 Å². The number of likely N-dealkylation sites (N-methyl/N-ethyl adjacent to an activating group) is 1. The quantitative estimate of drug-likeness (QED) is 0.938. The molecule has 1 aromatic carbocycles. The Balaban J connectivity index is 2.07. The highest BCUT2D eigenvalue weighted by molar-refractivity contribution is 7.10. The van der Waals surface area contributed by atoms with Crippen LogP contribution in [0, 0.1) is 11.3 Å². The summed E-state index contributed by atoms with van der Waals surface area (Å²) in [4.78, 5) is 14.5. The molecule has 0 saturated carbocycles. The second-order valence-corrected chi connectivity index (χ2v) is 5.39. The fraction of sp³-hybridized carbons (Fsp3) is 0.200. The Hall–Kier alpha value is -2.16. The minimum absolute atomic E-state index is 0.210. The number of nitriles is 1. The van der Waals surface area contributed by atoms with E-state index in [1.807, 2.05) is 23.6 Å². The Kier molecular flexibility index (Phi) is 4.51. The van der Waals surface area contributed by atoms with Crippen LogP contribution >= 0.6 is 11.3 Å². The lowest BCUT2D eigenvalue weighted by molar-refractivity contribution is 0.0685. The summed E-state index contributed by atoms with van der Waals surface area (Å²) in [6, 6.07) is 12.2. The molecule has 102 valence electrons. The summed E-state index contributed by atoms with van der Waals surface area (Å²) in [5, 5.41) is 20.8. The number of nitrogens with zero attached hydrogens (tertiary/aromatic N) is 2. The Morgan fingerprint density at radius 3 is 2.90 bits per heavy atom. The van der Waals surface area contributed by atoms with Crippen molar-refractivity contribution in [2.24, 2.45) is 0 Å². The van der Waals surface area contributed by atoms with Crippen molar-refractivity contribution < 1.29 is 9.90 Å². The number of hydrogen-bond acceptors (Lipinski definition) is 4. The van der Waals surface area contributed by atoms with Crippen LogP contribution in [0.4, 0.5) is 0 Å². The summed E-state index contributed by atoms with van der Waals surface area (Å²) in [5.74, 6) is -0.210. The molecule has 0 aliphatic rings. The molecule has 2 rings (SSSR count). The van der Waals surface area contributed by atoms with Crippen LogP contribution in [0.5, 0.6) is 0 Å². The van der Waals surface area contributed by atoms with Gasteiger partial charge in [-0.15, -0.1) is 11.3 Å². The third kappa shape index (κ3) is 3.23. The monoisotopic (exact) mass is 286 g/mol. The van der Waals surface area contributed by atoms with Crippen molar-refractivity contribution >= 4 is 17.2 Å². The Morgan fingerprint density at radius 2 is 2.25 bits per heavy atom. The fourth-order valence-corrected chi connectivity index (χ4v) is 2.56. The first kappa shape index (κ1) is 14.3. The molecule has 4 nitrogen and oxygen atoms in total. The van der Waals surface area contributed by atoms with Crippen LogP contribution in [-0.2, 0) is 0 Å². The maximum Gasteiger partial charge on any atom is 0.253 e. The van der Waals surface area contributed by atoms with E-state index >= 15 is 0 Å². The zero-order chi connectivity index (χ0) is 14.5. The highest BCUT2D eigenvalue weighted by atomic mass is 32.1. The number of aliphatic hydroxyl groups excluding tert-OH is 1. The summed E-state index contributed by atoms with van der Waals surface area (Å²) < 4.78 is 0. The number of hydrogen-bond donors (Lipinski definition) is 1. The van der Waals surface area contributed by atoms with E-state index in [1.165, 1.54) is 16.2 Å². The number of benzene rings is 1. The van der Waals surface area contributed by atoms with Crippen molar-refractivity contribution in [1.82, 2.24) is 4.90 Å². The van der Waals surface area contributed by atoms with Crippen molar-refractivity contribution in [3.63, 3.8) is 0 Å². The molecular weight excluding hydrogens is 272 g/mol. The van der Waals surface area contributed by atoms with E-state index in [-0.39, 0.29) is 12.5 Å². The van der Waals surface area contributed by atoms with Crippen molar-refractivity contribution in [3.8, 4) is 6.07 Å². The number of carbonyl (C=O) groups excluding carboxylic acids is 1. The molecule has 0 aliphatic heterocycles. The lowest BCUT2D eigenvalue weighted by Gasteiger charge is -2.20. The van der Waals surface area contributed by atoms with Crippen LogP contribution in [-0.4, -0.2) is 29.5 Å². The molecule has 0 fully saturated rings. The minimum atomic E-state index is -0.692. The van der Waals surface area contributed by atoms with Crippen LogP contribution in [0.1, 0.15) is 26.9 Å². The van der Waals surface area contributed by atoms with Gasteiger partial charge in [0.05, 0.1) is 18.2 Å². The van der Waals surface area contributed by atoms with E-state index in [0.717, 1.165) is 4.88 Å². The molecular formula is C15H14N2O2S. The number of rotatable bonds is 4. The van der Waals surface area contributed by atoms with Gasteiger partial charge < -0.3 is 10.0 Å². The molecule has 1 N–H and O–H groups in total.